The highest BCUT2D eigenvalue weighted by Crippen LogP contribution is 2.33. The van der Waals surface area contributed by atoms with Gasteiger partial charge >= 0.3 is 0 Å². The van der Waals surface area contributed by atoms with Gasteiger partial charge in [0.15, 0.2) is 5.82 Å². The van der Waals surface area contributed by atoms with Crippen molar-refractivity contribution >= 4 is 11.4 Å². The SMILES string of the molecule is O=[N+]([O-])c1ccc(N2CCCC2C2CCCN2)c(F)c1. The molecule has 1 aromatic carbocycles. The van der Waals surface area contributed by atoms with E-state index in [0.717, 1.165) is 44.8 Å². The summed E-state index contributed by atoms with van der Waals surface area (Å²) >= 11 is 0. The third-order valence-electron chi connectivity index (χ3n) is 4.31. The zero-order valence-electron chi connectivity index (χ0n) is 11.2. The van der Waals surface area contributed by atoms with Gasteiger partial charge < -0.3 is 10.2 Å². The molecule has 1 aromatic rings. The van der Waals surface area contributed by atoms with Gasteiger partial charge in [-0.15, -0.1) is 0 Å². The molecule has 2 heterocycles. The number of non-ortho nitro benzene ring substituents is 1. The highest BCUT2D eigenvalue weighted by atomic mass is 19.1. The Morgan fingerprint density at radius 1 is 1.35 bits per heavy atom. The monoisotopic (exact) mass is 279 g/mol. The number of nitro benzene ring substituents is 1. The number of nitrogens with zero attached hydrogens (tertiary/aromatic N) is 2. The number of rotatable bonds is 3. The normalized spacial score (nSPS) is 26.1. The highest BCUT2D eigenvalue weighted by molar-refractivity contribution is 5.54. The van der Waals surface area contributed by atoms with E-state index in [4.69, 9.17) is 0 Å². The number of nitrogens with one attached hydrogen (secondary N) is 1. The van der Waals surface area contributed by atoms with E-state index in [-0.39, 0.29) is 5.69 Å². The average Bonchev–Trinajstić information content (AvgIpc) is 3.09. The van der Waals surface area contributed by atoms with E-state index >= 15 is 0 Å². The summed E-state index contributed by atoms with van der Waals surface area (Å²) in [4.78, 5) is 12.2. The number of hydrogen-bond acceptors (Lipinski definition) is 4. The molecular weight excluding hydrogens is 261 g/mol. The second kappa shape index (κ2) is 5.36. The first-order chi connectivity index (χ1) is 9.66. The average molecular weight is 279 g/mol. The molecule has 2 aliphatic heterocycles. The van der Waals surface area contributed by atoms with Crippen LogP contribution in [0.5, 0.6) is 0 Å². The van der Waals surface area contributed by atoms with Crippen LogP contribution in [0.2, 0.25) is 0 Å². The summed E-state index contributed by atoms with van der Waals surface area (Å²) in [5.74, 6) is -0.496. The Balaban J connectivity index is 1.85. The fourth-order valence-corrected chi connectivity index (χ4v) is 3.39. The maximum Gasteiger partial charge on any atom is 0.272 e. The molecule has 2 unspecified atom stereocenters. The lowest BCUT2D eigenvalue weighted by Gasteiger charge is -2.31. The first kappa shape index (κ1) is 13.3. The molecule has 2 atom stereocenters. The second-order valence-corrected chi connectivity index (χ2v) is 5.50. The van der Waals surface area contributed by atoms with Crippen molar-refractivity contribution < 1.29 is 9.31 Å². The third kappa shape index (κ3) is 2.35. The van der Waals surface area contributed by atoms with Crippen LogP contribution in [0.1, 0.15) is 25.7 Å². The molecule has 5 nitrogen and oxygen atoms in total. The minimum absolute atomic E-state index is 0.194. The van der Waals surface area contributed by atoms with E-state index in [1.54, 1.807) is 6.07 Å². The molecule has 2 fully saturated rings. The maximum absolute atomic E-state index is 14.2. The Morgan fingerprint density at radius 3 is 2.85 bits per heavy atom. The van der Waals surface area contributed by atoms with Crippen LogP contribution < -0.4 is 10.2 Å². The summed E-state index contributed by atoms with van der Waals surface area (Å²) in [6, 6.07) is 4.66. The molecule has 0 bridgehead atoms. The van der Waals surface area contributed by atoms with E-state index in [0.29, 0.717) is 17.8 Å². The molecule has 6 heteroatoms. The predicted octanol–water partition coefficient (Wildman–Crippen LogP) is 2.45. The molecule has 0 radical (unpaired) electrons. The van der Waals surface area contributed by atoms with Gasteiger partial charge in [-0.3, -0.25) is 10.1 Å². The standard InChI is InChI=1S/C14H18FN3O2/c15-11-9-10(18(19)20)5-6-13(11)17-8-2-4-14(17)12-3-1-7-16-12/h5-6,9,12,14,16H,1-4,7-8H2. The van der Waals surface area contributed by atoms with Gasteiger partial charge in [0.05, 0.1) is 16.7 Å². The van der Waals surface area contributed by atoms with Gasteiger partial charge in [0.25, 0.3) is 5.69 Å². The molecule has 0 aromatic heterocycles. The van der Waals surface area contributed by atoms with Gasteiger partial charge in [0.1, 0.15) is 0 Å². The Hall–Kier alpha value is -1.69. The van der Waals surface area contributed by atoms with Gasteiger partial charge in [0.2, 0.25) is 0 Å². The van der Waals surface area contributed by atoms with Crippen LogP contribution in [0.15, 0.2) is 18.2 Å². The topological polar surface area (TPSA) is 58.4 Å². The van der Waals surface area contributed by atoms with Crippen molar-refractivity contribution in [1.82, 2.24) is 5.32 Å². The van der Waals surface area contributed by atoms with Gasteiger partial charge in [-0.25, -0.2) is 4.39 Å². The molecule has 20 heavy (non-hydrogen) atoms. The molecule has 0 amide bonds. The minimum Gasteiger partial charge on any atom is -0.365 e. The Labute approximate surface area is 116 Å². The van der Waals surface area contributed by atoms with Crippen molar-refractivity contribution in [3.8, 4) is 0 Å². The Kier molecular flexibility index (Phi) is 3.56. The molecule has 2 aliphatic rings. The lowest BCUT2D eigenvalue weighted by molar-refractivity contribution is -0.385. The zero-order valence-corrected chi connectivity index (χ0v) is 11.2. The molecule has 3 rings (SSSR count). The summed E-state index contributed by atoms with van der Waals surface area (Å²) < 4.78 is 14.2. The molecular formula is C14H18FN3O2. The van der Waals surface area contributed by atoms with Crippen molar-refractivity contribution in [2.75, 3.05) is 18.0 Å². The summed E-state index contributed by atoms with van der Waals surface area (Å²) in [5.41, 5.74) is 0.299. The fourth-order valence-electron chi connectivity index (χ4n) is 3.39. The number of halogens is 1. The third-order valence-corrected chi connectivity index (χ3v) is 4.31. The summed E-state index contributed by atoms with van der Waals surface area (Å²) in [5, 5.41) is 14.1. The van der Waals surface area contributed by atoms with Gasteiger partial charge in [-0.1, -0.05) is 0 Å². The fraction of sp³-hybridized carbons (Fsp3) is 0.571. The molecule has 0 aliphatic carbocycles. The van der Waals surface area contributed by atoms with Gasteiger partial charge in [-0.2, -0.15) is 0 Å². The van der Waals surface area contributed by atoms with E-state index in [9.17, 15) is 14.5 Å². The van der Waals surface area contributed by atoms with Crippen LogP contribution >= 0.6 is 0 Å². The van der Waals surface area contributed by atoms with Gasteiger partial charge in [-0.05, 0) is 38.3 Å². The van der Waals surface area contributed by atoms with Crippen LogP contribution in [-0.2, 0) is 0 Å². The zero-order chi connectivity index (χ0) is 14.1. The smallest absolute Gasteiger partial charge is 0.272 e. The highest BCUT2D eigenvalue weighted by Gasteiger charge is 2.34. The molecule has 0 saturated carbocycles. The lowest BCUT2D eigenvalue weighted by atomic mass is 10.0. The van der Waals surface area contributed by atoms with Crippen LogP contribution in [0, 0.1) is 15.9 Å². The maximum atomic E-state index is 14.2. The Bertz CT molecular complexity index is 517. The van der Waals surface area contributed by atoms with E-state index < -0.39 is 10.7 Å². The summed E-state index contributed by atoms with van der Waals surface area (Å²) in [6.45, 7) is 1.84. The van der Waals surface area contributed by atoms with Crippen LogP contribution in [-0.4, -0.2) is 30.1 Å². The first-order valence-electron chi connectivity index (χ1n) is 7.11. The second-order valence-electron chi connectivity index (χ2n) is 5.50. The van der Waals surface area contributed by atoms with Crippen molar-refractivity contribution in [3.63, 3.8) is 0 Å². The molecule has 1 N–H and O–H groups in total. The number of benzene rings is 1. The summed E-state index contributed by atoms with van der Waals surface area (Å²) in [7, 11) is 0. The van der Waals surface area contributed by atoms with Crippen LogP contribution in [0.25, 0.3) is 0 Å². The van der Waals surface area contributed by atoms with Crippen molar-refractivity contribution in [1.29, 1.82) is 0 Å². The first-order valence-corrected chi connectivity index (χ1v) is 7.11. The number of hydrogen-bond donors (Lipinski definition) is 1. The number of nitro groups is 1. The van der Waals surface area contributed by atoms with Crippen LogP contribution in [0.4, 0.5) is 15.8 Å². The van der Waals surface area contributed by atoms with Crippen molar-refractivity contribution in [3.05, 3.63) is 34.1 Å². The number of anilines is 1. The van der Waals surface area contributed by atoms with E-state index in [1.165, 1.54) is 6.07 Å². The molecule has 0 spiro atoms. The van der Waals surface area contributed by atoms with Gasteiger partial charge in [0, 0.05) is 24.7 Å². The van der Waals surface area contributed by atoms with Crippen LogP contribution in [0.3, 0.4) is 0 Å². The summed E-state index contributed by atoms with van der Waals surface area (Å²) in [6.07, 6.45) is 4.38. The van der Waals surface area contributed by atoms with E-state index in [1.807, 2.05) is 0 Å². The quantitative estimate of drug-likeness (QED) is 0.682. The van der Waals surface area contributed by atoms with Crippen molar-refractivity contribution in [2.24, 2.45) is 0 Å². The van der Waals surface area contributed by atoms with E-state index in [2.05, 4.69) is 10.2 Å². The Morgan fingerprint density at radius 2 is 2.20 bits per heavy atom. The lowest BCUT2D eigenvalue weighted by Crippen LogP contribution is -2.44. The minimum atomic E-state index is -0.563. The molecule has 108 valence electrons. The predicted molar refractivity (Wildman–Crippen MR) is 74.4 cm³/mol. The largest absolute Gasteiger partial charge is 0.365 e. The van der Waals surface area contributed by atoms with Crippen molar-refractivity contribution in [2.45, 2.75) is 37.8 Å². The molecule has 2 saturated heterocycles.